The van der Waals surface area contributed by atoms with E-state index >= 15 is 0 Å². The average Bonchev–Trinajstić information content (AvgIpc) is 3.44. The molecule has 5 heteroatoms. The molecule has 4 rings (SSSR count). The van der Waals surface area contributed by atoms with Crippen LogP contribution in [0.5, 0.6) is 0 Å². The van der Waals surface area contributed by atoms with Gasteiger partial charge in [-0.3, -0.25) is 9.59 Å². The minimum Gasteiger partial charge on any atom is -0.466 e. The number of ether oxygens (including phenoxy) is 1. The lowest BCUT2D eigenvalue weighted by molar-refractivity contribution is -0.144. The highest BCUT2D eigenvalue weighted by Crippen LogP contribution is 2.48. The van der Waals surface area contributed by atoms with E-state index in [4.69, 9.17) is 16.3 Å². The van der Waals surface area contributed by atoms with E-state index in [-0.39, 0.29) is 23.7 Å². The van der Waals surface area contributed by atoms with Gasteiger partial charge in [0.25, 0.3) is 0 Å². The van der Waals surface area contributed by atoms with Crippen LogP contribution in [0.3, 0.4) is 0 Å². The highest BCUT2D eigenvalue weighted by atomic mass is 35.5. The zero-order valence-corrected chi connectivity index (χ0v) is 16.7. The molecule has 0 bridgehead atoms. The molecule has 1 saturated carbocycles. The smallest absolute Gasteiger partial charge is 0.309 e. The van der Waals surface area contributed by atoms with Crippen LogP contribution in [0.2, 0.25) is 5.02 Å². The number of fused-ring (bicyclic) bond motifs is 2. The lowest BCUT2D eigenvalue weighted by Gasteiger charge is -2.26. The maximum absolute atomic E-state index is 12.4. The normalized spacial score (nSPS) is 19.9. The third kappa shape index (κ3) is 3.57. The summed E-state index contributed by atoms with van der Waals surface area (Å²) in [6.07, 6.45) is 4.88. The second-order valence-corrected chi connectivity index (χ2v) is 7.74. The van der Waals surface area contributed by atoms with Crippen LogP contribution in [0.25, 0.3) is 12.2 Å². The van der Waals surface area contributed by atoms with Gasteiger partial charge in [0, 0.05) is 11.9 Å². The molecule has 0 saturated heterocycles. The number of carbonyl (C=O) groups excluding carboxylic acids is 2. The van der Waals surface area contributed by atoms with Crippen LogP contribution < -0.4 is 4.90 Å². The first-order chi connectivity index (χ1) is 13.5. The molecule has 28 heavy (non-hydrogen) atoms. The Morgan fingerprint density at radius 3 is 2.68 bits per heavy atom. The molecule has 0 radical (unpaired) electrons. The largest absolute Gasteiger partial charge is 0.466 e. The molecule has 0 unspecified atom stereocenters. The summed E-state index contributed by atoms with van der Waals surface area (Å²) in [4.78, 5) is 26.1. The predicted octanol–water partition coefficient (Wildman–Crippen LogP) is 5.04. The van der Waals surface area contributed by atoms with E-state index in [9.17, 15) is 9.59 Å². The van der Waals surface area contributed by atoms with Crippen molar-refractivity contribution in [2.45, 2.75) is 32.7 Å². The van der Waals surface area contributed by atoms with Gasteiger partial charge in [-0.15, -0.1) is 0 Å². The zero-order valence-electron chi connectivity index (χ0n) is 15.9. The summed E-state index contributed by atoms with van der Waals surface area (Å²) in [5.41, 5.74) is 5.03. The van der Waals surface area contributed by atoms with E-state index in [1.54, 1.807) is 17.9 Å². The number of esters is 1. The first kappa shape index (κ1) is 18.8. The third-order valence-electron chi connectivity index (χ3n) is 5.41. The molecule has 2 aromatic rings. The summed E-state index contributed by atoms with van der Waals surface area (Å²) >= 11 is 6.15. The van der Waals surface area contributed by atoms with Crippen molar-refractivity contribution >= 4 is 41.3 Å². The second kappa shape index (κ2) is 7.44. The Labute approximate surface area is 169 Å². The number of hydrogen-bond donors (Lipinski definition) is 0. The Hall–Kier alpha value is -2.59. The van der Waals surface area contributed by atoms with Crippen LogP contribution in [0.15, 0.2) is 36.4 Å². The fourth-order valence-corrected chi connectivity index (χ4v) is 4.03. The Kier molecular flexibility index (Phi) is 4.98. The van der Waals surface area contributed by atoms with Crippen molar-refractivity contribution in [2.24, 2.45) is 5.92 Å². The van der Waals surface area contributed by atoms with Gasteiger partial charge in [-0.2, -0.15) is 0 Å². The third-order valence-corrected chi connectivity index (χ3v) is 5.64. The van der Waals surface area contributed by atoms with Crippen molar-refractivity contribution in [1.29, 1.82) is 0 Å². The summed E-state index contributed by atoms with van der Waals surface area (Å²) < 4.78 is 5.15. The Morgan fingerprint density at radius 1 is 1.14 bits per heavy atom. The minimum atomic E-state index is -0.115. The van der Waals surface area contributed by atoms with E-state index in [0.717, 1.165) is 34.4 Å². The van der Waals surface area contributed by atoms with Gasteiger partial charge in [-0.05, 0) is 59.7 Å². The molecule has 1 amide bonds. The number of amides is 1. The number of benzene rings is 2. The number of carbonyl (C=O) groups is 2. The molecule has 0 spiro atoms. The SMILES string of the molecule is CCOC(=O)[C@H]1C[C@H]1c1ccc2c(c1)CN(C(C)=O)c1ccc(Cl)cc1C=C2. The Morgan fingerprint density at radius 2 is 1.93 bits per heavy atom. The number of hydrogen-bond acceptors (Lipinski definition) is 3. The number of halogens is 1. The van der Waals surface area contributed by atoms with E-state index in [0.29, 0.717) is 18.2 Å². The van der Waals surface area contributed by atoms with Crippen molar-refractivity contribution in [2.75, 3.05) is 11.5 Å². The number of anilines is 1. The first-order valence-electron chi connectivity index (χ1n) is 9.53. The van der Waals surface area contributed by atoms with E-state index in [2.05, 4.69) is 24.3 Å². The lowest BCUT2D eigenvalue weighted by Crippen LogP contribution is -2.29. The van der Waals surface area contributed by atoms with E-state index in [1.165, 1.54) is 0 Å². The Bertz CT molecular complexity index is 982. The topological polar surface area (TPSA) is 46.6 Å². The standard InChI is InChI=1S/C23H22ClNO3/c1-3-28-23(27)21-12-20(21)16-6-4-15-5-7-17-11-19(24)8-9-22(17)25(14(2)26)13-18(15)10-16/h4-11,20-21H,3,12-13H2,1-2H3/t20-,21-/m0/s1. The van der Waals surface area contributed by atoms with Crippen molar-refractivity contribution in [1.82, 2.24) is 0 Å². The summed E-state index contributed by atoms with van der Waals surface area (Å²) in [7, 11) is 0. The highest BCUT2D eigenvalue weighted by Gasteiger charge is 2.45. The number of nitrogens with zero attached hydrogens (tertiary/aromatic N) is 1. The Balaban J connectivity index is 1.68. The van der Waals surface area contributed by atoms with Gasteiger partial charge >= 0.3 is 5.97 Å². The van der Waals surface area contributed by atoms with Crippen molar-refractivity contribution in [3.05, 3.63) is 63.7 Å². The molecule has 1 fully saturated rings. The quantitative estimate of drug-likeness (QED) is 0.683. The van der Waals surface area contributed by atoms with Crippen molar-refractivity contribution in [3.8, 4) is 0 Å². The maximum Gasteiger partial charge on any atom is 0.309 e. The monoisotopic (exact) mass is 395 g/mol. The van der Waals surface area contributed by atoms with Crippen LogP contribution in [-0.2, 0) is 20.9 Å². The molecular weight excluding hydrogens is 374 g/mol. The summed E-state index contributed by atoms with van der Waals surface area (Å²) in [5, 5.41) is 0.641. The molecule has 2 aliphatic rings. The van der Waals surface area contributed by atoms with Crippen LogP contribution >= 0.6 is 11.6 Å². The first-order valence-corrected chi connectivity index (χ1v) is 9.91. The summed E-state index contributed by atoms with van der Waals surface area (Å²) in [6.45, 7) is 4.29. The molecule has 2 aromatic carbocycles. The van der Waals surface area contributed by atoms with Gasteiger partial charge < -0.3 is 9.64 Å². The van der Waals surface area contributed by atoms with Crippen LogP contribution in [0.1, 0.15) is 48.4 Å². The molecule has 2 atom stereocenters. The summed E-state index contributed by atoms with van der Waals surface area (Å²) in [6, 6.07) is 11.8. The highest BCUT2D eigenvalue weighted by molar-refractivity contribution is 6.30. The van der Waals surface area contributed by atoms with E-state index < -0.39 is 0 Å². The predicted molar refractivity (Wildman–Crippen MR) is 111 cm³/mol. The lowest BCUT2D eigenvalue weighted by atomic mass is 9.97. The van der Waals surface area contributed by atoms with E-state index in [1.807, 2.05) is 25.1 Å². The molecule has 1 heterocycles. The van der Waals surface area contributed by atoms with Crippen LogP contribution in [0.4, 0.5) is 5.69 Å². The van der Waals surface area contributed by atoms with Gasteiger partial charge in [-0.25, -0.2) is 0 Å². The van der Waals surface area contributed by atoms with Gasteiger partial charge in [0.15, 0.2) is 0 Å². The molecule has 1 aliphatic carbocycles. The fraction of sp³-hybridized carbons (Fsp3) is 0.304. The van der Waals surface area contributed by atoms with Gasteiger partial charge in [0.2, 0.25) is 5.91 Å². The summed E-state index contributed by atoms with van der Waals surface area (Å²) in [5.74, 6) is 0.0193. The average molecular weight is 396 g/mol. The molecule has 1 aliphatic heterocycles. The zero-order chi connectivity index (χ0) is 19.8. The molecule has 144 valence electrons. The number of rotatable bonds is 3. The van der Waals surface area contributed by atoms with Crippen molar-refractivity contribution < 1.29 is 14.3 Å². The van der Waals surface area contributed by atoms with Crippen molar-refractivity contribution in [3.63, 3.8) is 0 Å². The molecule has 0 aromatic heterocycles. The maximum atomic E-state index is 12.4. The van der Waals surface area contributed by atoms with Gasteiger partial charge in [0.1, 0.15) is 0 Å². The fourth-order valence-electron chi connectivity index (χ4n) is 3.85. The molecule has 4 nitrogen and oxygen atoms in total. The minimum absolute atomic E-state index is 0.0222. The van der Waals surface area contributed by atoms with Gasteiger partial charge in [0.05, 0.1) is 24.8 Å². The van der Waals surface area contributed by atoms with Crippen LogP contribution in [-0.4, -0.2) is 18.5 Å². The van der Waals surface area contributed by atoms with Crippen LogP contribution in [0, 0.1) is 5.92 Å². The second-order valence-electron chi connectivity index (χ2n) is 7.30. The van der Waals surface area contributed by atoms with Gasteiger partial charge in [-0.1, -0.05) is 42.0 Å². The molecular formula is C23H22ClNO3. The molecule has 0 N–H and O–H groups in total.